The van der Waals surface area contributed by atoms with Crippen LogP contribution in [0.5, 0.6) is 0 Å². The summed E-state index contributed by atoms with van der Waals surface area (Å²) in [6.07, 6.45) is -0.273. The zero-order valence-electron chi connectivity index (χ0n) is 15.5. The molecule has 0 saturated carbocycles. The quantitative estimate of drug-likeness (QED) is 0.732. The highest BCUT2D eigenvalue weighted by atomic mass is 35.5. The molecule has 1 aliphatic rings. The van der Waals surface area contributed by atoms with Crippen molar-refractivity contribution in [3.63, 3.8) is 0 Å². The Morgan fingerprint density at radius 1 is 1.14 bits per heavy atom. The third-order valence-electron chi connectivity index (χ3n) is 4.45. The highest BCUT2D eigenvalue weighted by Gasteiger charge is 2.30. The van der Waals surface area contributed by atoms with E-state index in [1.54, 1.807) is 30.3 Å². The van der Waals surface area contributed by atoms with E-state index in [1.165, 1.54) is 11.8 Å². The Balaban J connectivity index is 2.22. The number of Topliss-reactive ketones (excluding diaryl/α,β-unsaturated/α-hetero) is 1. The number of hydrogen-bond donors (Lipinski definition) is 1. The molecule has 1 heterocycles. The normalized spacial score (nSPS) is 16.7. The molecule has 1 amide bonds. The number of carbonyl (C=O) groups is 2. The minimum absolute atomic E-state index is 0.105. The van der Waals surface area contributed by atoms with E-state index in [4.69, 9.17) is 33.6 Å². The van der Waals surface area contributed by atoms with E-state index in [1.807, 2.05) is 19.1 Å². The van der Waals surface area contributed by atoms with Crippen LogP contribution in [0.1, 0.15) is 31.4 Å². The SMILES string of the molecule is CC(=O)CC(=O)N1C(=N)C(C)CN=C(c2ccc(Cl)cc2)c2cc(Cl)ccc21. The Hall–Kier alpha value is -2.50. The predicted molar refractivity (Wildman–Crippen MR) is 113 cm³/mol. The summed E-state index contributed by atoms with van der Waals surface area (Å²) in [5.74, 6) is -0.893. The van der Waals surface area contributed by atoms with Crippen LogP contribution in [0.3, 0.4) is 0 Å². The van der Waals surface area contributed by atoms with E-state index >= 15 is 0 Å². The van der Waals surface area contributed by atoms with Gasteiger partial charge in [-0.15, -0.1) is 0 Å². The van der Waals surface area contributed by atoms with Gasteiger partial charge in [0.25, 0.3) is 0 Å². The van der Waals surface area contributed by atoms with E-state index in [2.05, 4.69) is 0 Å². The summed E-state index contributed by atoms with van der Waals surface area (Å²) < 4.78 is 0. The number of fused-ring (bicyclic) bond motifs is 1. The molecule has 1 aliphatic heterocycles. The number of aliphatic imine (C=N–C) groups is 1. The summed E-state index contributed by atoms with van der Waals surface area (Å²) in [6.45, 7) is 3.52. The number of hydrogen-bond acceptors (Lipinski definition) is 4. The number of benzene rings is 2. The van der Waals surface area contributed by atoms with E-state index in [0.29, 0.717) is 33.6 Å². The maximum absolute atomic E-state index is 12.8. The van der Waals surface area contributed by atoms with Gasteiger partial charge in [0.1, 0.15) is 11.6 Å². The van der Waals surface area contributed by atoms with Crippen molar-refractivity contribution in [2.24, 2.45) is 10.9 Å². The van der Waals surface area contributed by atoms with Crippen LogP contribution < -0.4 is 4.90 Å². The van der Waals surface area contributed by atoms with E-state index in [0.717, 1.165) is 5.56 Å². The van der Waals surface area contributed by atoms with Gasteiger partial charge >= 0.3 is 0 Å². The van der Waals surface area contributed by atoms with Gasteiger partial charge in [0, 0.05) is 33.6 Å². The van der Waals surface area contributed by atoms with E-state index in [-0.39, 0.29) is 24.0 Å². The van der Waals surface area contributed by atoms with Gasteiger partial charge < -0.3 is 0 Å². The lowest BCUT2D eigenvalue weighted by Crippen LogP contribution is -2.43. The van der Waals surface area contributed by atoms with Gasteiger partial charge in [-0.3, -0.25) is 24.9 Å². The summed E-state index contributed by atoms with van der Waals surface area (Å²) in [5, 5.41) is 9.61. The Bertz CT molecular complexity index is 984. The van der Waals surface area contributed by atoms with Gasteiger partial charge in [-0.1, -0.05) is 42.3 Å². The Morgan fingerprint density at radius 2 is 1.79 bits per heavy atom. The second kappa shape index (κ2) is 8.25. The number of rotatable bonds is 3. The van der Waals surface area contributed by atoms with Gasteiger partial charge in [0.15, 0.2) is 0 Å². The zero-order chi connectivity index (χ0) is 20.4. The maximum atomic E-state index is 12.8. The molecular formula is C21H19Cl2N3O2. The molecule has 0 saturated heterocycles. The number of amides is 1. The standard InChI is InChI=1S/C21H19Cl2N3O2/c1-12-11-25-20(14-3-5-15(22)6-4-14)17-10-16(23)7-8-18(17)26(21(12)24)19(28)9-13(2)27/h3-8,10,12,24H,9,11H2,1-2H3. The van der Waals surface area contributed by atoms with Crippen LogP contribution >= 0.6 is 23.2 Å². The molecule has 2 aromatic rings. The highest BCUT2D eigenvalue weighted by Crippen LogP contribution is 2.31. The van der Waals surface area contributed by atoms with Crippen molar-refractivity contribution < 1.29 is 9.59 Å². The minimum Gasteiger partial charge on any atom is -0.299 e. The third-order valence-corrected chi connectivity index (χ3v) is 4.94. The van der Waals surface area contributed by atoms with E-state index in [9.17, 15) is 9.59 Å². The summed E-state index contributed by atoms with van der Waals surface area (Å²) in [7, 11) is 0. The second-order valence-corrected chi connectivity index (χ2v) is 7.62. The fourth-order valence-corrected chi connectivity index (χ4v) is 3.36. The van der Waals surface area contributed by atoms with E-state index < -0.39 is 5.91 Å². The van der Waals surface area contributed by atoms with Crippen LogP contribution in [0.25, 0.3) is 0 Å². The fourth-order valence-electron chi connectivity index (χ4n) is 3.06. The molecule has 1 unspecified atom stereocenters. The van der Waals surface area contributed by atoms with Crippen molar-refractivity contribution in [2.45, 2.75) is 20.3 Å². The van der Waals surface area contributed by atoms with Crippen LogP contribution in [0.2, 0.25) is 10.0 Å². The molecule has 1 atom stereocenters. The Morgan fingerprint density at radius 3 is 2.43 bits per heavy atom. The number of carbonyl (C=O) groups excluding carboxylic acids is 2. The molecule has 144 valence electrons. The number of amidine groups is 1. The zero-order valence-corrected chi connectivity index (χ0v) is 17.0. The van der Waals surface area contributed by atoms with Crippen LogP contribution in [-0.4, -0.2) is 29.8 Å². The van der Waals surface area contributed by atoms with Crippen LogP contribution in [0.4, 0.5) is 5.69 Å². The largest absolute Gasteiger partial charge is 0.299 e. The molecule has 0 spiro atoms. The maximum Gasteiger partial charge on any atom is 0.239 e. The smallest absolute Gasteiger partial charge is 0.239 e. The first-order chi connectivity index (χ1) is 13.3. The lowest BCUT2D eigenvalue weighted by atomic mass is 9.96. The lowest BCUT2D eigenvalue weighted by Gasteiger charge is -2.30. The van der Waals surface area contributed by atoms with Crippen LogP contribution in [-0.2, 0) is 9.59 Å². The van der Waals surface area contributed by atoms with Gasteiger partial charge in [0.05, 0.1) is 17.8 Å². The van der Waals surface area contributed by atoms with Crippen LogP contribution in [0.15, 0.2) is 47.5 Å². The van der Waals surface area contributed by atoms with Crippen molar-refractivity contribution >= 4 is 52.1 Å². The average Bonchev–Trinajstić information content (AvgIpc) is 2.63. The van der Waals surface area contributed by atoms with Gasteiger partial charge in [-0.05, 0) is 37.3 Å². The first kappa shape index (κ1) is 20.2. The molecule has 1 N–H and O–H groups in total. The molecule has 28 heavy (non-hydrogen) atoms. The van der Waals surface area contributed by atoms with Crippen LogP contribution in [0, 0.1) is 11.3 Å². The van der Waals surface area contributed by atoms with Crippen molar-refractivity contribution in [3.8, 4) is 0 Å². The monoisotopic (exact) mass is 415 g/mol. The predicted octanol–water partition coefficient (Wildman–Crippen LogP) is 4.77. The van der Waals surface area contributed by atoms with Crippen molar-refractivity contribution in [3.05, 3.63) is 63.6 Å². The number of anilines is 1. The summed E-state index contributed by atoms with van der Waals surface area (Å²) in [4.78, 5) is 30.4. The number of nitrogens with zero attached hydrogens (tertiary/aromatic N) is 2. The lowest BCUT2D eigenvalue weighted by molar-refractivity contribution is -0.125. The van der Waals surface area contributed by atoms with Gasteiger partial charge in [-0.2, -0.15) is 0 Å². The first-order valence-corrected chi connectivity index (χ1v) is 9.54. The Labute approximate surface area is 173 Å². The van der Waals surface area contributed by atoms with Crippen molar-refractivity contribution in [1.82, 2.24) is 0 Å². The molecule has 5 nitrogen and oxygen atoms in total. The Kier molecular flexibility index (Phi) is 5.96. The second-order valence-electron chi connectivity index (χ2n) is 6.75. The molecule has 0 aliphatic carbocycles. The van der Waals surface area contributed by atoms with Crippen molar-refractivity contribution in [2.75, 3.05) is 11.4 Å². The molecule has 3 rings (SSSR count). The molecule has 0 aromatic heterocycles. The van der Waals surface area contributed by atoms with Gasteiger partial charge in [-0.25, -0.2) is 0 Å². The molecule has 0 fully saturated rings. The molecule has 2 aromatic carbocycles. The fraction of sp³-hybridized carbons (Fsp3) is 0.238. The summed E-state index contributed by atoms with van der Waals surface area (Å²) in [5.41, 5.74) is 2.60. The number of nitrogens with one attached hydrogen (secondary N) is 1. The summed E-state index contributed by atoms with van der Waals surface area (Å²) >= 11 is 12.3. The first-order valence-electron chi connectivity index (χ1n) is 8.79. The number of halogens is 2. The summed E-state index contributed by atoms with van der Waals surface area (Å²) in [6, 6.07) is 12.3. The molecular weight excluding hydrogens is 397 g/mol. The minimum atomic E-state index is -0.440. The molecule has 7 heteroatoms. The average molecular weight is 416 g/mol. The molecule has 0 bridgehead atoms. The van der Waals surface area contributed by atoms with Crippen molar-refractivity contribution in [1.29, 1.82) is 5.41 Å². The topological polar surface area (TPSA) is 73.6 Å². The molecule has 0 radical (unpaired) electrons. The van der Waals surface area contributed by atoms with Gasteiger partial charge in [0.2, 0.25) is 5.91 Å². The number of ketones is 1. The highest BCUT2D eigenvalue weighted by molar-refractivity contribution is 6.33. The third kappa shape index (κ3) is 4.16.